The summed E-state index contributed by atoms with van der Waals surface area (Å²) in [6, 6.07) is 0. The molecule has 0 bridgehead atoms. The summed E-state index contributed by atoms with van der Waals surface area (Å²) >= 11 is 0. The van der Waals surface area contributed by atoms with E-state index >= 15 is 0 Å². The standard InChI is InChI=1S/C8H20N2O2/c1-3-5-6-12-8(10,7-9)11-4-2/h3-7,9-10H2,1-2H3. The van der Waals surface area contributed by atoms with Crippen LogP contribution in [0.25, 0.3) is 0 Å². The van der Waals surface area contributed by atoms with Crippen LogP contribution in [0.4, 0.5) is 0 Å². The SMILES string of the molecule is CCCCOC(N)(CN)OCC. The molecule has 1 atom stereocenters. The second-order valence-corrected chi connectivity index (χ2v) is 2.65. The Balaban J connectivity index is 3.63. The minimum absolute atomic E-state index is 0.185. The number of nitrogens with two attached hydrogens (primary N) is 2. The zero-order valence-corrected chi connectivity index (χ0v) is 8.01. The molecule has 0 fully saturated rings. The van der Waals surface area contributed by atoms with E-state index in [-0.39, 0.29) is 6.54 Å². The topological polar surface area (TPSA) is 70.5 Å². The normalized spacial score (nSPS) is 16.0. The van der Waals surface area contributed by atoms with E-state index in [1.54, 1.807) is 0 Å². The molecule has 0 amide bonds. The molecule has 1 unspecified atom stereocenters. The highest BCUT2D eigenvalue weighted by atomic mass is 16.7. The fourth-order valence-electron chi connectivity index (χ4n) is 0.793. The first-order valence-corrected chi connectivity index (χ1v) is 4.45. The molecule has 0 rings (SSSR count). The summed E-state index contributed by atoms with van der Waals surface area (Å²) in [7, 11) is 0. The van der Waals surface area contributed by atoms with Gasteiger partial charge in [0.1, 0.15) is 0 Å². The molecule has 0 aliphatic carbocycles. The van der Waals surface area contributed by atoms with Crippen molar-refractivity contribution < 1.29 is 9.47 Å². The van der Waals surface area contributed by atoms with Crippen molar-refractivity contribution in [3.05, 3.63) is 0 Å². The molecule has 0 saturated carbocycles. The highest BCUT2D eigenvalue weighted by molar-refractivity contribution is 4.60. The van der Waals surface area contributed by atoms with Crippen LogP contribution < -0.4 is 11.5 Å². The first-order valence-electron chi connectivity index (χ1n) is 4.45. The van der Waals surface area contributed by atoms with Crippen LogP contribution in [0.3, 0.4) is 0 Å². The molecule has 0 saturated heterocycles. The Morgan fingerprint density at radius 1 is 1.25 bits per heavy atom. The van der Waals surface area contributed by atoms with Gasteiger partial charge >= 0.3 is 0 Å². The molecule has 4 nitrogen and oxygen atoms in total. The molecule has 0 aliphatic heterocycles. The van der Waals surface area contributed by atoms with Gasteiger partial charge in [-0.2, -0.15) is 0 Å². The van der Waals surface area contributed by atoms with Gasteiger partial charge in [0.05, 0.1) is 13.2 Å². The molecule has 0 aromatic rings. The van der Waals surface area contributed by atoms with Crippen molar-refractivity contribution in [3.8, 4) is 0 Å². The predicted molar refractivity (Wildman–Crippen MR) is 48.5 cm³/mol. The van der Waals surface area contributed by atoms with Gasteiger partial charge in [0, 0.05) is 6.61 Å². The molecule has 0 aromatic carbocycles. The van der Waals surface area contributed by atoms with Crippen LogP contribution in [-0.4, -0.2) is 25.7 Å². The summed E-state index contributed by atoms with van der Waals surface area (Å²) in [6.45, 7) is 5.25. The van der Waals surface area contributed by atoms with Crippen molar-refractivity contribution in [2.24, 2.45) is 11.5 Å². The molecular weight excluding hydrogens is 156 g/mol. The number of rotatable bonds is 7. The summed E-state index contributed by atoms with van der Waals surface area (Å²) in [5.74, 6) is -1.08. The average Bonchev–Trinajstić information content (AvgIpc) is 2.06. The molecule has 0 aromatic heterocycles. The zero-order chi connectivity index (χ0) is 9.45. The van der Waals surface area contributed by atoms with Gasteiger partial charge < -0.3 is 15.2 Å². The number of hydrogen-bond acceptors (Lipinski definition) is 4. The smallest absolute Gasteiger partial charge is 0.237 e. The largest absolute Gasteiger partial charge is 0.337 e. The van der Waals surface area contributed by atoms with E-state index in [0.29, 0.717) is 13.2 Å². The third kappa shape index (κ3) is 4.66. The predicted octanol–water partition coefficient (Wildman–Crippen LogP) is 0.411. The van der Waals surface area contributed by atoms with Crippen LogP contribution in [0.5, 0.6) is 0 Å². The van der Waals surface area contributed by atoms with Gasteiger partial charge in [0.2, 0.25) is 5.91 Å². The van der Waals surface area contributed by atoms with Crippen LogP contribution in [0.1, 0.15) is 26.7 Å². The molecule has 0 heterocycles. The molecule has 74 valence electrons. The van der Waals surface area contributed by atoms with Crippen LogP contribution in [-0.2, 0) is 9.47 Å². The molecule has 4 N–H and O–H groups in total. The highest BCUT2D eigenvalue weighted by Crippen LogP contribution is 2.04. The Bertz CT molecular complexity index is 111. The van der Waals surface area contributed by atoms with Crippen molar-refractivity contribution in [2.75, 3.05) is 19.8 Å². The van der Waals surface area contributed by atoms with E-state index in [4.69, 9.17) is 20.9 Å². The fourth-order valence-corrected chi connectivity index (χ4v) is 0.793. The number of hydrogen-bond donors (Lipinski definition) is 2. The fraction of sp³-hybridized carbons (Fsp3) is 1.00. The summed E-state index contributed by atoms with van der Waals surface area (Å²) < 4.78 is 10.4. The zero-order valence-electron chi connectivity index (χ0n) is 8.01. The van der Waals surface area contributed by atoms with Crippen molar-refractivity contribution in [2.45, 2.75) is 32.6 Å². The quantitative estimate of drug-likeness (QED) is 0.435. The van der Waals surface area contributed by atoms with Crippen molar-refractivity contribution in [1.29, 1.82) is 0 Å². The lowest BCUT2D eigenvalue weighted by atomic mass is 10.3. The van der Waals surface area contributed by atoms with E-state index < -0.39 is 5.91 Å². The third-order valence-corrected chi connectivity index (χ3v) is 1.52. The van der Waals surface area contributed by atoms with Crippen molar-refractivity contribution in [3.63, 3.8) is 0 Å². The van der Waals surface area contributed by atoms with Crippen molar-refractivity contribution in [1.82, 2.24) is 0 Å². The van der Waals surface area contributed by atoms with Gasteiger partial charge in [-0.25, -0.2) is 0 Å². The van der Waals surface area contributed by atoms with Crippen LogP contribution >= 0.6 is 0 Å². The first kappa shape index (κ1) is 11.8. The molecule has 0 radical (unpaired) electrons. The number of ether oxygens (including phenoxy) is 2. The van der Waals surface area contributed by atoms with Crippen LogP contribution in [0, 0.1) is 0 Å². The number of unbranched alkanes of at least 4 members (excludes halogenated alkanes) is 1. The van der Waals surface area contributed by atoms with E-state index in [1.165, 1.54) is 0 Å². The highest BCUT2D eigenvalue weighted by Gasteiger charge is 2.23. The summed E-state index contributed by atoms with van der Waals surface area (Å²) in [6.07, 6.45) is 2.05. The maximum absolute atomic E-state index is 5.68. The van der Waals surface area contributed by atoms with Gasteiger partial charge in [0.25, 0.3) is 0 Å². The van der Waals surface area contributed by atoms with E-state index in [2.05, 4.69) is 6.92 Å². The van der Waals surface area contributed by atoms with Gasteiger partial charge in [-0.1, -0.05) is 13.3 Å². The molecule has 0 spiro atoms. The van der Waals surface area contributed by atoms with Gasteiger partial charge in [-0.3, -0.25) is 5.73 Å². The Kier molecular flexibility index (Phi) is 6.28. The van der Waals surface area contributed by atoms with Gasteiger partial charge in [0.15, 0.2) is 0 Å². The summed E-state index contributed by atoms with van der Waals surface area (Å²) in [5.41, 5.74) is 11.1. The summed E-state index contributed by atoms with van der Waals surface area (Å²) in [4.78, 5) is 0. The maximum atomic E-state index is 5.68. The van der Waals surface area contributed by atoms with E-state index in [0.717, 1.165) is 12.8 Å². The second-order valence-electron chi connectivity index (χ2n) is 2.65. The van der Waals surface area contributed by atoms with Crippen molar-refractivity contribution >= 4 is 0 Å². The lowest BCUT2D eigenvalue weighted by Crippen LogP contribution is -2.52. The Labute approximate surface area is 74.2 Å². The van der Waals surface area contributed by atoms with Crippen LogP contribution in [0.2, 0.25) is 0 Å². The molecule has 12 heavy (non-hydrogen) atoms. The second kappa shape index (κ2) is 6.37. The van der Waals surface area contributed by atoms with Gasteiger partial charge in [-0.05, 0) is 13.3 Å². The van der Waals surface area contributed by atoms with E-state index in [9.17, 15) is 0 Å². The third-order valence-electron chi connectivity index (χ3n) is 1.52. The monoisotopic (exact) mass is 176 g/mol. The Morgan fingerprint density at radius 2 is 1.92 bits per heavy atom. The Hall–Kier alpha value is -0.160. The lowest BCUT2D eigenvalue weighted by molar-refractivity contribution is -0.224. The maximum Gasteiger partial charge on any atom is 0.237 e. The average molecular weight is 176 g/mol. The first-order chi connectivity index (χ1) is 5.68. The molecular formula is C8H20N2O2. The van der Waals surface area contributed by atoms with Crippen LogP contribution in [0.15, 0.2) is 0 Å². The molecule has 0 aliphatic rings. The minimum atomic E-state index is -1.08. The van der Waals surface area contributed by atoms with Gasteiger partial charge in [-0.15, -0.1) is 0 Å². The lowest BCUT2D eigenvalue weighted by Gasteiger charge is -2.27. The Morgan fingerprint density at radius 3 is 2.33 bits per heavy atom. The van der Waals surface area contributed by atoms with E-state index in [1.807, 2.05) is 6.92 Å². The minimum Gasteiger partial charge on any atom is -0.337 e. The summed E-state index contributed by atoms with van der Waals surface area (Å²) in [5, 5.41) is 0. The molecule has 4 heteroatoms.